The van der Waals surface area contributed by atoms with Gasteiger partial charge in [0.2, 0.25) is 0 Å². The highest BCUT2D eigenvalue weighted by Gasteiger charge is 2.10. The van der Waals surface area contributed by atoms with E-state index in [1.54, 1.807) is 41.3 Å². The van der Waals surface area contributed by atoms with Crippen molar-refractivity contribution in [2.24, 2.45) is 0 Å². The Bertz CT molecular complexity index is 710. The minimum atomic E-state index is -0.308. The molecule has 5 nitrogen and oxygen atoms in total. The Hall–Kier alpha value is -2.89. The summed E-state index contributed by atoms with van der Waals surface area (Å²) in [4.78, 5) is 25.8. The summed E-state index contributed by atoms with van der Waals surface area (Å²) >= 11 is 0. The van der Waals surface area contributed by atoms with E-state index in [1.165, 1.54) is 12.1 Å². The van der Waals surface area contributed by atoms with Gasteiger partial charge in [-0.1, -0.05) is 12.1 Å². The molecule has 3 amide bonds. The first kappa shape index (κ1) is 18.4. The SMILES string of the molecule is CCN(CC)C(=O)Nc1ccc(C(=O)NCc2ccc(F)cc2)cc1. The minimum absolute atomic E-state index is 0.168. The number of benzene rings is 2. The van der Waals surface area contributed by atoms with E-state index >= 15 is 0 Å². The number of halogens is 1. The van der Waals surface area contributed by atoms with Crippen LogP contribution in [-0.4, -0.2) is 29.9 Å². The van der Waals surface area contributed by atoms with Crippen molar-refractivity contribution in [2.45, 2.75) is 20.4 Å². The van der Waals surface area contributed by atoms with Crippen LogP contribution in [0.5, 0.6) is 0 Å². The van der Waals surface area contributed by atoms with Crippen LogP contribution in [0.1, 0.15) is 29.8 Å². The first-order valence-corrected chi connectivity index (χ1v) is 8.22. The van der Waals surface area contributed by atoms with E-state index in [4.69, 9.17) is 0 Å². The maximum atomic E-state index is 12.9. The van der Waals surface area contributed by atoms with Crippen LogP contribution in [0.4, 0.5) is 14.9 Å². The van der Waals surface area contributed by atoms with Gasteiger partial charge in [-0.25, -0.2) is 9.18 Å². The Kier molecular flexibility index (Phi) is 6.51. The molecule has 0 aliphatic rings. The summed E-state index contributed by atoms with van der Waals surface area (Å²) in [6.45, 7) is 5.41. The lowest BCUT2D eigenvalue weighted by molar-refractivity contribution is 0.0951. The zero-order chi connectivity index (χ0) is 18.2. The van der Waals surface area contributed by atoms with Gasteiger partial charge in [0.25, 0.3) is 5.91 Å². The second kappa shape index (κ2) is 8.82. The van der Waals surface area contributed by atoms with Gasteiger partial charge in [-0.2, -0.15) is 0 Å². The van der Waals surface area contributed by atoms with Crippen LogP contribution >= 0.6 is 0 Å². The van der Waals surface area contributed by atoms with Crippen LogP contribution in [0, 0.1) is 5.82 Å². The molecule has 2 aromatic rings. The molecular weight excluding hydrogens is 321 g/mol. The average molecular weight is 343 g/mol. The molecule has 0 aliphatic carbocycles. The highest BCUT2D eigenvalue weighted by molar-refractivity contribution is 5.95. The number of anilines is 1. The highest BCUT2D eigenvalue weighted by Crippen LogP contribution is 2.11. The van der Waals surface area contributed by atoms with Gasteiger partial charge in [0.15, 0.2) is 0 Å². The summed E-state index contributed by atoms with van der Waals surface area (Å²) < 4.78 is 12.9. The van der Waals surface area contributed by atoms with Gasteiger partial charge in [0.1, 0.15) is 5.82 Å². The number of nitrogens with zero attached hydrogens (tertiary/aromatic N) is 1. The van der Waals surface area contributed by atoms with Crippen LogP contribution in [-0.2, 0) is 6.54 Å². The van der Waals surface area contributed by atoms with Crippen molar-refractivity contribution >= 4 is 17.6 Å². The van der Waals surface area contributed by atoms with Crippen molar-refractivity contribution < 1.29 is 14.0 Å². The maximum absolute atomic E-state index is 12.9. The molecule has 0 fully saturated rings. The van der Waals surface area contributed by atoms with E-state index in [9.17, 15) is 14.0 Å². The largest absolute Gasteiger partial charge is 0.348 e. The van der Waals surface area contributed by atoms with Crippen LogP contribution in [0.25, 0.3) is 0 Å². The number of amides is 3. The molecule has 0 heterocycles. The Morgan fingerprint density at radius 3 is 2.12 bits per heavy atom. The normalized spacial score (nSPS) is 10.2. The Labute approximate surface area is 146 Å². The van der Waals surface area contributed by atoms with Gasteiger partial charge in [-0.15, -0.1) is 0 Å². The average Bonchev–Trinajstić information content (AvgIpc) is 2.62. The molecule has 2 N–H and O–H groups in total. The molecule has 0 aliphatic heterocycles. The Morgan fingerprint density at radius 1 is 0.960 bits per heavy atom. The predicted molar refractivity (Wildman–Crippen MR) is 96.0 cm³/mol. The topological polar surface area (TPSA) is 61.4 Å². The predicted octanol–water partition coefficient (Wildman–Crippen LogP) is 3.63. The van der Waals surface area contributed by atoms with Gasteiger partial charge in [0.05, 0.1) is 0 Å². The van der Waals surface area contributed by atoms with Gasteiger partial charge in [-0.05, 0) is 55.8 Å². The maximum Gasteiger partial charge on any atom is 0.321 e. The third-order valence-electron chi connectivity index (χ3n) is 3.82. The lowest BCUT2D eigenvalue weighted by Gasteiger charge is -2.19. The molecule has 0 unspecified atom stereocenters. The second-order valence-electron chi connectivity index (χ2n) is 5.49. The van der Waals surface area contributed by atoms with Crippen molar-refractivity contribution in [3.05, 3.63) is 65.5 Å². The molecule has 0 atom stereocenters. The number of rotatable bonds is 6. The molecule has 0 spiro atoms. The lowest BCUT2D eigenvalue weighted by atomic mass is 10.1. The smallest absolute Gasteiger partial charge is 0.321 e. The second-order valence-corrected chi connectivity index (χ2v) is 5.49. The minimum Gasteiger partial charge on any atom is -0.348 e. The molecule has 25 heavy (non-hydrogen) atoms. The quantitative estimate of drug-likeness (QED) is 0.841. The molecular formula is C19H22FN3O2. The van der Waals surface area contributed by atoms with Crippen LogP contribution in [0.3, 0.4) is 0 Å². The molecule has 2 aromatic carbocycles. The van der Waals surface area contributed by atoms with Crippen molar-refractivity contribution in [1.82, 2.24) is 10.2 Å². The summed E-state index contributed by atoms with van der Waals surface area (Å²) in [5.41, 5.74) is 1.94. The van der Waals surface area contributed by atoms with E-state index in [-0.39, 0.29) is 17.8 Å². The van der Waals surface area contributed by atoms with E-state index in [0.29, 0.717) is 30.9 Å². The van der Waals surface area contributed by atoms with Gasteiger partial charge in [-0.3, -0.25) is 4.79 Å². The van der Waals surface area contributed by atoms with E-state index in [2.05, 4.69) is 10.6 Å². The monoisotopic (exact) mass is 343 g/mol. The Balaban J connectivity index is 1.91. The van der Waals surface area contributed by atoms with Crippen LogP contribution < -0.4 is 10.6 Å². The summed E-state index contributed by atoms with van der Waals surface area (Å²) in [6.07, 6.45) is 0. The third-order valence-corrected chi connectivity index (χ3v) is 3.82. The molecule has 132 valence electrons. The number of hydrogen-bond donors (Lipinski definition) is 2. The van der Waals surface area contributed by atoms with Crippen LogP contribution in [0.2, 0.25) is 0 Å². The summed E-state index contributed by atoms with van der Waals surface area (Å²) in [7, 11) is 0. The van der Waals surface area contributed by atoms with E-state index < -0.39 is 0 Å². The van der Waals surface area contributed by atoms with Crippen molar-refractivity contribution in [3.8, 4) is 0 Å². The van der Waals surface area contributed by atoms with Gasteiger partial charge >= 0.3 is 6.03 Å². The van der Waals surface area contributed by atoms with Gasteiger partial charge < -0.3 is 15.5 Å². The first-order valence-electron chi connectivity index (χ1n) is 8.22. The highest BCUT2D eigenvalue weighted by atomic mass is 19.1. The third kappa shape index (κ3) is 5.31. The molecule has 2 rings (SSSR count). The fourth-order valence-electron chi connectivity index (χ4n) is 2.30. The number of urea groups is 1. The summed E-state index contributed by atoms with van der Waals surface area (Å²) in [6, 6.07) is 12.5. The fraction of sp³-hybridized carbons (Fsp3) is 0.263. The number of carbonyl (C=O) groups excluding carboxylic acids is 2. The molecule has 0 saturated carbocycles. The molecule has 6 heteroatoms. The lowest BCUT2D eigenvalue weighted by Crippen LogP contribution is -2.34. The first-order chi connectivity index (χ1) is 12.0. The van der Waals surface area contributed by atoms with Crippen molar-refractivity contribution in [1.29, 1.82) is 0 Å². The van der Waals surface area contributed by atoms with Crippen molar-refractivity contribution in [2.75, 3.05) is 18.4 Å². The molecule has 0 saturated heterocycles. The fourth-order valence-corrected chi connectivity index (χ4v) is 2.30. The molecule has 0 bridgehead atoms. The number of hydrogen-bond acceptors (Lipinski definition) is 2. The number of nitrogens with one attached hydrogen (secondary N) is 2. The van der Waals surface area contributed by atoms with Crippen LogP contribution in [0.15, 0.2) is 48.5 Å². The van der Waals surface area contributed by atoms with E-state index in [0.717, 1.165) is 5.56 Å². The van der Waals surface area contributed by atoms with Crippen molar-refractivity contribution in [3.63, 3.8) is 0 Å². The zero-order valence-corrected chi connectivity index (χ0v) is 14.4. The standard InChI is InChI=1S/C19H22FN3O2/c1-3-23(4-2)19(25)22-17-11-7-15(8-12-17)18(24)21-13-14-5-9-16(20)10-6-14/h5-12H,3-4,13H2,1-2H3,(H,21,24)(H,22,25). The van der Waals surface area contributed by atoms with E-state index in [1.807, 2.05) is 13.8 Å². The summed E-state index contributed by atoms with van der Waals surface area (Å²) in [5.74, 6) is -0.539. The molecule has 0 aromatic heterocycles. The number of carbonyl (C=O) groups is 2. The summed E-state index contributed by atoms with van der Waals surface area (Å²) in [5, 5.41) is 5.57. The molecule has 0 radical (unpaired) electrons. The van der Waals surface area contributed by atoms with Gasteiger partial charge in [0, 0.05) is 30.9 Å². The Morgan fingerprint density at radius 2 is 1.56 bits per heavy atom. The zero-order valence-electron chi connectivity index (χ0n) is 14.4.